The lowest BCUT2D eigenvalue weighted by atomic mass is 9.96. The number of ether oxygens (including phenoxy) is 1. The fraction of sp³-hybridized carbons (Fsp3) is 0.125. The molecule has 2 aliphatic rings. The van der Waals surface area contributed by atoms with Crippen LogP contribution in [0, 0.1) is 0 Å². The second kappa shape index (κ2) is 7.10. The monoisotopic (exact) mass is 446 g/mol. The number of aromatic nitrogens is 1. The van der Waals surface area contributed by atoms with Gasteiger partial charge in [-0.25, -0.2) is 9.59 Å². The standard InChI is InChI=1S/C24H17ClN3O4/c1-12(29)32-21-16-7-5-4-6-15(16)20-18(21)17(13-8-10-14(25)11-9-13)19-22(26-20)27(2)24(31)28(3)23(19)30/h4-11H,1-3H3/q+1. The van der Waals surface area contributed by atoms with Crippen LogP contribution in [0.3, 0.4) is 0 Å². The highest BCUT2D eigenvalue weighted by atomic mass is 35.5. The number of nitrogens with zero attached hydrogens (tertiary/aromatic N) is 3. The van der Waals surface area contributed by atoms with Crippen LogP contribution in [-0.2, 0) is 9.53 Å². The predicted molar refractivity (Wildman–Crippen MR) is 118 cm³/mol. The first-order chi connectivity index (χ1) is 15.3. The highest BCUT2D eigenvalue weighted by molar-refractivity contribution is 6.30. The van der Waals surface area contributed by atoms with Crippen molar-refractivity contribution >= 4 is 35.3 Å². The number of esters is 1. The zero-order chi connectivity index (χ0) is 22.7. The van der Waals surface area contributed by atoms with E-state index in [0.717, 1.165) is 10.5 Å². The Hall–Kier alpha value is -3.84. The van der Waals surface area contributed by atoms with Gasteiger partial charge >= 0.3 is 17.9 Å². The minimum atomic E-state index is -0.488. The minimum Gasteiger partial charge on any atom is -0.425 e. The van der Waals surface area contributed by atoms with E-state index in [1.54, 1.807) is 31.3 Å². The van der Waals surface area contributed by atoms with Gasteiger partial charge in [-0.3, -0.25) is 4.79 Å². The van der Waals surface area contributed by atoms with Gasteiger partial charge in [0.25, 0.3) is 5.49 Å². The molecular formula is C24H17ClN3O4+. The highest BCUT2D eigenvalue weighted by Gasteiger charge is 2.40. The van der Waals surface area contributed by atoms with Crippen molar-refractivity contribution in [3.05, 3.63) is 75.4 Å². The molecule has 1 aliphatic heterocycles. The fourth-order valence-electron chi connectivity index (χ4n) is 4.18. The summed E-state index contributed by atoms with van der Waals surface area (Å²) in [5, 5.41) is 1.07. The van der Waals surface area contributed by atoms with Gasteiger partial charge in [-0.1, -0.05) is 48.0 Å². The van der Waals surface area contributed by atoms with E-state index in [4.69, 9.17) is 21.3 Å². The Morgan fingerprint density at radius 2 is 1.69 bits per heavy atom. The first kappa shape index (κ1) is 20.1. The Labute approximate surface area is 187 Å². The van der Waals surface area contributed by atoms with Gasteiger partial charge in [0, 0.05) is 28.6 Å². The summed E-state index contributed by atoms with van der Waals surface area (Å²) in [7, 11) is 3.00. The molecule has 0 saturated carbocycles. The molecule has 0 saturated heterocycles. The maximum atomic E-state index is 13.3. The molecular weight excluding hydrogens is 430 g/mol. The molecule has 0 fully saturated rings. The minimum absolute atomic E-state index is 0.251. The van der Waals surface area contributed by atoms with Crippen LogP contribution in [0.2, 0.25) is 5.02 Å². The lowest BCUT2D eigenvalue weighted by Crippen LogP contribution is -2.54. The second-order valence-electron chi connectivity index (χ2n) is 7.59. The molecule has 0 unspecified atom stereocenters. The number of amides is 3. The Balaban J connectivity index is 2.06. The summed E-state index contributed by atoms with van der Waals surface area (Å²) in [6, 6.07) is 13.9. The molecule has 0 radical (unpaired) electrons. The Kier molecular flexibility index (Phi) is 4.46. The smallest absolute Gasteiger partial charge is 0.425 e. The number of carbonyl (C=O) groups is 3. The Morgan fingerprint density at radius 1 is 1.03 bits per heavy atom. The van der Waals surface area contributed by atoms with Crippen LogP contribution >= 0.6 is 11.6 Å². The molecule has 0 bridgehead atoms. The molecule has 8 heteroatoms. The lowest BCUT2D eigenvalue weighted by molar-refractivity contribution is -0.134. The van der Waals surface area contributed by atoms with Crippen LogP contribution in [0.15, 0.2) is 48.5 Å². The molecule has 1 aromatic heterocycles. The summed E-state index contributed by atoms with van der Waals surface area (Å²) in [6.45, 7) is 1.33. The number of benzene rings is 2. The van der Waals surface area contributed by atoms with Crippen molar-refractivity contribution in [3.8, 4) is 22.4 Å². The normalized spacial score (nSPS) is 14.3. The Morgan fingerprint density at radius 3 is 2.34 bits per heavy atom. The molecule has 0 N–H and O–H groups in total. The van der Waals surface area contributed by atoms with E-state index in [2.05, 4.69) is 0 Å². The molecule has 3 amide bonds. The van der Waals surface area contributed by atoms with Gasteiger partial charge in [0.05, 0.1) is 19.3 Å². The zero-order valence-corrected chi connectivity index (χ0v) is 18.2. The van der Waals surface area contributed by atoms with Crippen LogP contribution in [0.4, 0.5) is 4.79 Å². The van der Waals surface area contributed by atoms with Crippen molar-refractivity contribution in [1.82, 2.24) is 14.5 Å². The summed E-state index contributed by atoms with van der Waals surface area (Å²) >= 11 is 6.11. The number of halogens is 1. The van der Waals surface area contributed by atoms with E-state index >= 15 is 0 Å². The van der Waals surface area contributed by atoms with E-state index in [0.29, 0.717) is 38.4 Å². The van der Waals surface area contributed by atoms with E-state index in [1.165, 1.54) is 18.5 Å². The Bertz CT molecular complexity index is 1490. The fourth-order valence-corrected chi connectivity index (χ4v) is 4.31. The maximum Gasteiger partial charge on any atom is 0.445 e. The number of rotatable bonds is 2. The van der Waals surface area contributed by atoms with Gasteiger partial charge in [-0.05, 0) is 17.7 Å². The number of urea groups is 1. The summed E-state index contributed by atoms with van der Waals surface area (Å²) < 4.78 is 7.01. The average molecular weight is 447 g/mol. The van der Waals surface area contributed by atoms with Crippen LogP contribution in [0.1, 0.15) is 22.8 Å². The largest absolute Gasteiger partial charge is 0.445 e. The van der Waals surface area contributed by atoms with Gasteiger partial charge in [0.15, 0.2) is 5.69 Å². The summed E-state index contributed by atoms with van der Waals surface area (Å²) in [5.74, 6) is -0.641. The number of hydrogen-bond acceptors (Lipinski definition) is 5. The van der Waals surface area contributed by atoms with E-state index in [1.807, 2.05) is 24.3 Å². The third-order valence-electron chi connectivity index (χ3n) is 5.62. The number of imide groups is 1. The number of fused-ring (bicyclic) bond motifs is 4. The summed E-state index contributed by atoms with van der Waals surface area (Å²) in [6.07, 6.45) is 0. The summed E-state index contributed by atoms with van der Waals surface area (Å²) in [4.78, 5) is 43.8. The van der Waals surface area contributed by atoms with E-state index in [-0.39, 0.29) is 11.1 Å². The van der Waals surface area contributed by atoms with Gasteiger partial charge in [-0.2, -0.15) is 9.48 Å². The molecule has 1 aliphatic carbocycles. The molecule has 2 aromatic carbocycles. The molecule has 0 spiro atoms. The van der Waals surface area contributed by atoms with Crippen molar-refractivity contribution in [2.45, 2.75) is 6.92 Å². The topological polar surface area (TPSA) is 79.6 Å². The highest BCUT2D eigenvalue weighted by Crippen LogP contribution is 2.34. The van der Waals surface area contributed by atoms with Crippen molar-refractivity contribution in [1.29, 1.82) is 0 Å². The van der Waals surface area contributed by atoms with E-state index < -0.39 is 17.9 Å². The molecule has 5 rings (SSSR count). The van der Waals surface area contributed by atoms with Gasteiger partial charge in [0.2, 0.25) is 0 Å². The van der Waals surface area contributed by atoms with Crippen molar-refractivity contribution in [2.24, 2.45) is 0 Å². The third-order valence-corrected chi connectivity index (χ3v) is 5.87. The number of hydrogen-bond donors (Lipinski definition) is 0. The average Bonchev–Trinajstić information content (AvgIpc) is 3.08. The molecule has 7 nitrogen and oxygen atoms in total. The van der Waals surface area contributed by atoms with Crippen LogP contribution < -0.4 is 15.3 Å². The quantitative estimate of drug-likeness (QED) is 0.446. The zero-order valence-electron chi connectivity index (χ0n) is 17.5. The number of pyridine rings is 1. The second-order valence-corrected chi connectivity index (χ2v) is 8.03. The van der Waals surface area contributed by atoms with E-state index in [9.17, 15) is 14.4 Å². The van der Waals surface area contributed by atoms with Gasteiger partial charge in [-0.15, -0.1) is 4.98 Å². The number of carbonyl (C=O) groups excluding carboxylic acids is 3. The molecule has 2 heterocycles. The third kappa shape index (κ3) is 2.78. The van der Waals surface area contributed by atoms with Gasteiger partial charge < -0.3 is 4.74 Å². The van der Waals surface area contributed by atoms with Crippen molar-refractivity contribution < 1.29 is 19.1 Å². The molecule has 0 atom stereocenters. The van der Waals surface area contributed by atoms with Crippen LogP contribution in [0.25, 0.3) is 28.1 Å². The molecule has 3 aromatic rings. The van der Waals surface area contributed by atoms with Crippen molar-refractivity contribution in [3.63, 3.8) is 0 Å². The van der Waals surface area contributed by atoms with Crippen LogP contribution in [0.5, 0.6) is 0 Å². The first-order valence-corrected chi connectivity index (χ1v) is 10.2. The van der Waals surface area contributed by atoms with Crippen molar-refractivity contribution in [2.75, 3.05) is 14.1 Å². The SMILES string of the molecule is CC(=O)OC1=c2c(nc3c(c2-c2ccc(Cl)cc2)C(=O)N(C)C(=O)[N+]=3C)-c2ccccc21. The van der Waals surface area contributed by atoms with Gasteiger partial charge in [0.1, 0.15) is 11.3 Å². The molecule has 32 heavy (non-hydrogen) atoms. The maximum absolute atomic E-state index is 13.3. The lowest BCUT2D eigenvalue weighted by Gasteiger charge is -2.18. The molecule has 158 valence electrons. The summed E-state index contributed by atoms with van der Waals surface area (Å²) in [5.41, 5.74) is 3.71. The predicted octanol–water partition coefficient (Wildman–Crippen LogP) is 2.43. The van der Waals surface area contributed by atoms with Crippen LogP contribution in [-0.4, -0.2) is 41.9 Å². The first-order valence-electron chi connectivity index (χ1n) is 9.84.